The third-order valence-corrected chi connectivity index (χ3v) is 4.40. The lowest BCUT2D eigenvalue weighted by Crippen LogP contribution is -2.47. The standard InChI is InChI=1S/C16H24N2O2/c1-18(11-13-7-3-4-8-14(13)19)15(20)16(12-17)9-5-2-6-10-16/h3-4,7-8,19H,2,5-6,9-12,17H2,1H3. The molecule has 1 aliphatic rings. The van der Waals surface area contributed by atoms with Gasteiger partial charge in [-0.25, -0.2) is 0 Å². The zero-order valence-corrected chi connectivity index (χ0v) is 12.1. The number of hydrogen-bond donors (Lipinski definition) is 2. The second-order valence-electron chi connectivity index (χ2n) is 5.84. The van der Waals surface area contributed by atoms with Crippen LogP contribution >= 0.6 is 0 Å². The van der Waals surface area contributed by atoms with Crippen LogP contribution < -0.4 is 5.73 Å². The molecule has 20 heavy (non-hydrogen) atoms. The Morgan fingerprint density at radius 1 is 1.30 bits per heavy atom. The zero-order valence-electron chi connectivity index (χ0n) is 12.1. The Morgan fingerprint density at radius 3 is 2.55 bits per heavy atom. The maximum Gasteiger partial charge on any atom is 0.230 e. The zero-order chi connectivity index (χ0) is 14.6. The van der Waals surface area contributed by atoms with Crippen LogP contribution in [0.25, 0.3) is 0 Å². The third-order valence-electron chi connectivity index (χ3n) is 4.40. The first-order valence-corrected chi connectivity index (χ1v) is 7.31. The van der Waals surface area contributed by atoms with Crippen molar-refractivity contribution in [1.82, 2.24) is 4.90 Å². The third kappa shape index (κ3) is 2.96. The Labute approximate surface area is 120 Å². The summed E-state index contributed by atoms with van der Waals surface area (Å²) in [6.07, 6.45) is 5.11. The van der Waals surface area contributed by atoms with Crippen LogP contribution in [0.1, 0.15) is 37.7 Å². The Bertz CT molecular complexity index is 467. The van der Waals surface area contributed by atoms with E-state index in [-0.39, 0.29) is 11.7 Å². The van der Waals surface area contributed by atoms with Gasteiger partial charge in [0.1, 0.15) is 5.75 Å². The number of rotatable bonds is 4. The normalized spacial score (nSPS) is 17.7. The Kier molecular flexibility index (Phi) is 4.65. The Morgan fingerprint density at radius 2 is 1.95 bits per heavy atom. The molecule has 2 rings (SSSR count). The van der Waals surface area contributed by atoms with Crippen molar-refractivity contribution >= 4 is 5.91 Å². The van der Waals surface area contributed by atoms with Crippen molar-refractivity contribution in [2.75, 3.05) is 13.6 Å². The van der Waals surface area contributed by atoms with Gasteiger partial charge in [0.25, 0.3) is 0 Å². The van der Waals surface area contributed by atoms with E-state index in [0.29, 0.717) is 13.1 Å². The number of amides is 1. The van der Waals surface area contributed by atoms with Crippen LogP contribution in [0.4, 0.5) is 0 Å². The lowest BCUT2D eigenvalue weighted by molar-refractivity contribution is -0.142. The minimum atomic E-state index is -0.391. The van der Waals surface area contributed by atoms with Gasteiger partial charge in [0, 0.05) is 25.7 Å². The van der Waals surface area contributed by atoms with Crippen molar-refractivity contribution in [2.24, 2.45) is 11.1 Å². The van der Waals surface area contributed by atoms with Crippen molar-refractivity contribution in [1.29, 1.82) is 0 Å². The first-order chi connectivity index (χ1) is 9.59. The van der Waals surface area contributed by atoms with Crippen molar-refractivity contribution < 1.29 is 9.90 Å². The monoisotopic (exact) mass is 276 g/mol. The average molecular weight is 276 g/mol. The molecule has 3 N–H and O–H groups in total. The quantitative estimate of drug-likeness (QED) is 0.886. The molecular formula is C16H24N2O2. The predicted molar refractivity (Wildman–Crippen MR) is 79.2 cm³/mol. The number of benzene rings is 1. The fourth-order valence-electron chi connectivity index (χ4n) is 3.11. The fourth-order valence-corrected chi connectivity index (χ4v) is 3.11. The molecule has 1 fully saturated rings. The molecule has 1 amide bonds. The van der Waals surface area contributed by atoms with Gasteiger partial charge in [-0.05, 0) is 18.9 Å². The van der Waals surface area contributed by atoms with Gasteiger partial charge >= 0.3 is 0 Å². The molecule has 1 aliphatic carbocycles. The van der Waals surface area contributed by atoms with Gasteiger partial charge in [-0.15, -0.1) is 0 Å². The highest BCUT2D eigenvalue weighted by Crippen LogP contribution is 2.37. The summed E-state index contributed by atoms with van der Waals surface area (Å²) in [5.41, 5.74) is 6.28. The van der Waals surface area contributed by atoms with E-state index in [1.807, 2.05) is 12.1 Å². The van der Waals surface area contributed by atoms with Gasteiger partial charge in [0.15, 0.2) is 0 Å². The molecule has 0 saturated heterocycles. The van der Waals surface area contributed by atoms with E-state index >= 15 is 0 Å². The summed E-state index contributed by atoms with van der Waals surface area (Å²) in [5, 5.41) is 9.81. The number of carbonyl (C=O) groups is 1. The summed E-state index contributed by atoms with van der Waals surface area (Å²) in [7, 11) is 1.79. The van der Waals surface area contributed by atoms with Gasteiger partial charge in [0.2, 0.25) is 5.91 Å². The number of para-hydroxylation sites is 1. The Hall–Kier alpha value is -1.55. The number of aromatic hydroxyl groups is 1. The highest BCUT2D eigenvalue weighted by Gasteiger charge is 2.39. The molecule has 0 heterocycles. The molecule has 0 radical (unpaired) electrons. The van der Waals surface area contributed by atoms with E-state index in [4.69, 9.17) is 5.73 Å². The summed E-state index contributed by atoms with van der Waals surface area (Å²) >= 11 is 0. The second-order valence-corrected chi connectivity index (χ2v) is 5.84. The average Bonchev–Trinajstić information content (AvgIpc) is 2.49. The Balaban J connectivity index is 2.10. The first kappa shape index (κ1) is 14.9. The number of phenols is 1. The van der Waals surface area contributed by atoms with Crippen molar-refractivity contribution in [2.45, 2.75) is 38.6 Å². The van der Waals surface area contributed by atoms with Gasteiger partial charge in [0.05, 0.1) is 5.41 Å². The molecule has 0 aromatic heterocycles. The van der Waals surface area contributed by atoms with Gasteiger partial charge in [-0.2, -0.15) is 0 Å². The minimum absolute atomic E-state index is 0.114. The SMILES string of the molecule is CN(Cc1ccccc1O)C(=O)C1(CN)CCCCC1. The van der Waals surface area contributed by atoms with Gasteiger partial charge in [-0.3, -0.25) is 4.79 Å². The maximum atomic E-state index is 12.7. The molecule has 1 saturated carbocycles. The number of carbonyl (C=O) groups excluding carboxylic acids is 1. The maximum absolute atomic E-state index is 12.7. The molecule has 0 aliphatic heterocycles. The van der Waals surface area contributed by atoms with Crippen LogP contribution in [0.2, 0.25) is 0 Å². The first-order valence-electron chi connectivity index (χ1n) is 7.31. The van der Waals surface area contributed by atoms with Crippen LogP contribution in [-0.4, -0.2) is 29.5 Å². The molecule has 4 nitrogen and oxygen atoms in total. The van der Waals surface area contributed by atoms with Crippen LogP contribution in [-0.2, 0) is 11.3 Å². The molecule has 0 spiro atoms. The smallest absolute Gasteiger partial charge is 0.230 e. The van der Waals surface area contributed by atoms with Crippen LogP contribution in [0.5, 0.6) is 5.75 Å². The largest absolute Gasteiger partial charge is 0.508 e. The summed E-state index contributed by atoms with van der Waals surface area (Å²) in [5.74, 6) is 0.348. The molecule has 0 bridgehead atoms. The number of nitrogens with zero attached hydrogens (tertiary/aromatic N) is 1. The van der Waals surface area contributed by atoms with E-state index in [1.165, 1.54) is 6.42 Å². The predicted octanol–water partition coefficient (Wildman–Crippen LogP) is 2.26. The molecule has 0 unspecified atom stereocenters. The molecule has 1 aromatic carbocycles. The van der Waals surface area contributed by atoms with Gasteiger partial charge in [-0.1, -0.05) is 37.5 Å². The number of phenolic OH excluding ortho intramolecular Hbond substituents is 1. The second kappa shape index (κ2) is 6.27. The molecule has 110 valence electrons. The molecule has 1 aromatic rings. The van der Waals surface area contributed by atoms with Crippen molar-refractivity contribution in [3.05, 3.63) is 29.8 Å². The fraction of sp³-hybridized carbons (Fsp3) is 0.562. The molecular weight excluding hydrogens is 252 g/mol. The molecule has 0 atom stereocenters. The van der Waals surface area contributed by atoms with Crippen LogP contribution in [0, 0.1) is 5.41 Å². The highest BCUT2D eigenvalue weighted by molar-refractivity contribution is 5.83. The molecule has 4 heteroatoms. The minimum Gasteiger partial charge on any atom is -0.508 e. The van der Waals surface area contributed by atoms with E-state index in [9.17, 15) is 9.90 Å². The number of hydrogen-bond acceptors (Lipinski definition) is 3. The lowest BCUT2D eigenvalue weighted by Gasteiger charge is -2.37. The summed E-state index contributed by atoms with van der Waals surface area (Å²) < 4.78 is 0. The number of nitrogens with two attached hydrogens (primary N) is 1. The van der Waals surface area contributed by atoms with Crippen LogP contribution in [0.3, 0.4) is 0 Å². The highest BCUT2D eigenvalue weighted by atomic mass is 16.3. The van der Waals surface area contributed by atoms with E-state index < -0.39 is 5.41 Å². The lowest BCUT2D eigenvalue weighted by atomic mass is 9.73. The van der Waals surface area contributed by atoms with E-state index in [2.05, 4.69) is 0 Å². The van der Waals surface area contributed by atoms with Crippen molar-refractivity contribution in [3.8, 4) is 5.75 Å². The van der Waals surface area contributed by atoms with Gasteiger partial charge < -0.3 is 15.7 Å². The summed E-state index contributed by atoms with van der Waals surface area (Å²) in [6.45, 7) is 0.838. The topological polar surface area (TPSA) is 66.6 Å². The summed E-state index contributed by atoms with van der Waals surface area (Å²) in [6, 6.07) is 7.14. The van der Waals surface area contributed by atoms with E-state index in [0.717, 1.165) is 31.2 Å². The summed E-state index contributed by atoms with van der Waals surface area (Å²) in [4.78, 5) is 14.4. The van der Waals surface area contributed by atoms with E-state index in [1.54, 1.807) is 24.1 Å². The van der Waals surface area contributed by atoms with Crippen LogP contribution in [0.15, 0.2) is 24.3 Å². The van der Waals surface area contributed by atoms with Crippen molar-refractivity contribution in [3.63, 3.8) is 0 Å².